The maximum absolute atomic E-state index is 13.7. The number of nitrogens with zero attached hydrogens (tertiary/aromatic N) is 3. The van der Waals surface area contributed by atoms with Crippen molar-refractivity contribution in [1.29, 1.82) is 0 Å². The van der Waals surface area contributed by atoms with Gasteiger partial charge in [0.2, 0.25) is 0 Å². The number of oxazole rings is 1. The topological polar surface area (TPSA) is 63.4 Å². The lowest BCUT2D eigenvalue weighted by Gasteiger charge is -2.41. The third kappa shape index (κ3) is 3.33. The molecule has 3 aromatic rings. The van der Waals surface area contributed by atoms with E-state index in [0.29, 0.717) is 37.6 Å². The first-order valence-corrected chi connectivity index (χ1v) is 9.48. The molecule has 0 spiro atoms. The van der Waals surface area contributed by atoms with Crippen molar-refractivity contribution in [3.63, 3.8) is 0 Å². The van der Waals surface area contributed by atoms with Crippen molar-refractivity contribution in [2.45, 2.75) is 18.3 Å². The summed E-state index contributed by atoms with van der Waals surface area (Å²) >= 11 is 6.05. The lowest BCUT2D eigenvalue weighted by molar-refractivity contribution is -0.136. The normalized spacial score (nSPS) is 22.3. The van der Waals surface area contributed by atoms with Crippen molar-refractivity contribution in [2.75, 3.05) is 31.2 Å². The Kier molecular flexibility index (Phi) is 4.41. The maximum atomic E-state index is 13.7. The van der Waals surface area contributed by atoms with Crippen LogP contribution in [0.15, 0.2) is 34.9 Å². The number of morpholine rings is 1. The van der Waals surface area contributed by atoms with Crippen molar-refractivity contribution in [3.05, 3.63) is 41.0 Å². The molecule has 2 fully saturated rings. The van der Waals surface area contributed by atoms with Crippen molar-refractivity contribution in [1.82, 2.24) is 15.3 Å². The van der Waals surface area contributed by atoms with E-state index >= 15 is 0 Å². The molecular weight excluding hydrogens is 409 g/mol. The maximum Gasteiger partial charge on any atom is 0.420 e. The Morgan fingerprint density at radius 2 is 1.93 bits per heavy atom. The molecular formula is C19H16ClF3N4O2. The van der Waals surface area contributed by atoms with Crippen LogP contribution in [0.4, 0.5) is 19.2 Å². The van der Waals surface area contributed by atoms with E-state index in [1.54, 1.807) is 24.4 Å². The van der Waals surface area contributed by atoms with Crippen molar-refractivity contribution in [3.8, 4) is 11.3 Å². The number of piperazine rings is 1. The van der Waals surface area contributed by atoms with E-state index in [1.165, 1.54) is 6.07 Å². The molecule has 0 saturated carbocycles. The number of alkyl halides is 3. The largest absolute Gasteiger partial charge is 0.423 e. The number of pyridine rings is 1. The number of benzene rings is 1. The Balaban J connectivity index is 1.68. The minimum atomic E-state index is -4.67. The summed E-state index contributed by atoms with van der Waals surface area (Å²) in [4.78, 5) is 10.3. The minimum absolute atomic E-state index is 0.0235. The standard InChI is InChI=1S/C19H16ClF3N4O2/c20-13-5-12(14-3-1-2-4-24-14)17-16(15(13)19(21,22)23)26-18(29-17)27-6-10-8-28-9-11(7-27)25-10/h1-5,10-11,25H,6-9H2. The number of rotatable bonds is 2. The molecule has 4 heterocycles. The second-order valence-electron chi connectivity index (χ2n) is 7.17. The number of fused-ring (bicyclic) bond motifs is 3. The van der Waals surface area contributed by atoms with Crippen molar-refractivity contribution in [2.24, 2.45) is 0 Å². The Labute approximate surface area is 168 Å². The molecule has 6 nitrogen and oxygen atoms in total. The summed E-state index contributed by atoms with van der Waals surface area (Å²) in [5, 5.41) is 2.99. The molecule has 2 saturated heterocycles. The molecule has 152 valence electrons. The van der Waals surface area contributed by atoms with Gasteiger partial charge < -0.3 is 19.4 Å². The summed E-state index contributed by atoms with van der Waals surface area (Å²) in [5.74, 6) is 0. The molecule has 2 bridgehead atoms. The van der Waals surface area contributed by atoms with Crippen LogP contribution in [0.3, 0.4) is 0 Å². The van der Waals surface area contributed by atoms with Crippen LogP contribution < -0.4 is 10.2 Å². The fourth-order valence-corrected chi connectivity index (χ4v) is 4.22. The van der Waals surface area contributed by atoms with Gasteiger partial charge >= 0.3 is 6.18 Å². The smallest absolute Gasteiger partial charge is 0.420 e. The Hall–Kier alpha value is -2.36. The highest BCUT2D eigenvalue weighted by Crippen LogP contribution is 2.44. The van der Waals surface area contributed by atoms with Crippen LogP contribution >= 0.6 is 11.6 Å². The third-order valence-corrected chi connectivity index (χ3v) is 5.39. The fraction of sp³-hybridized carbons (Fsp3) is 0.368. The molecule has 2 aliphatic heterocycles. The van der Waals surface area contributed by atoms with Crippen LogP contribution in [0.5, 0.6) is 0 Å². The van der Waals surface area contributed by atoms with E-state index < -0.39 is 16.8 Å². The van der Waals surface area contributed by atoms with Gasteiger partial charge in [0.1, 0.15) is 11.1 Å². The number of aromatic nitrogens is 2. The molecule has 29 heavy (non-hydrogen) atoms. The van der Waals surface area contributed by atoms with Crippen LogP contribution in [-0.2, 0) is 10.9 Å². The fourth-order valence-electron chi connectivity index (χ4n) is 3.91. The first kappa shape index (κ1) is 18.7. The van der Waals surface area contributed by atoms with Crippen molar-refractivity contribution >= 4 is 28.7 Å². The average Bonchev–Trinajstić information content (AvgIpc) is 3.11. The second kappa shape index (κ2) is 6.86. The van der Waals surface area contributed by atoms with Crippen LogP contribution in [0, 0.1) is 0 Å². The zero-order chi connectivity index (χ0) is 20.2. The van der Waals surface area contributed by atoms with Crippen molar-refractivity contribution < 1.29 is 22.3 Å². The second-order valence-corrected chi connectivity index (χ2v) is 7.58. The van der Waals surface area contributed by atoms with Gasteiger partial charge in [-0.05, 0) is 18.2 Å². The molecule has 2 aliphatic rings. The zero-order valence-corrected chi connectivity index (χ0v) is 15.8. The van der Waals surface area contributed by atoms with E-state index in [0.717, 1.165) is 0 Å². The summed E-state index contributed by atoms with van der Waals surface area (Å²) < 4.78 is 52.6. The molecule has 2 atom stereocenters. The lowest BCUT2D eigenvalue weighted by atomic mass is 10.1. The average molecular weight is 425 g/mol. The number of ether oxygens (including phenoxy) is 1. The van der Waals surface area contributed by atoms with Gasteiger partial charge in [0.05, 0.1) is 23.9 Å². The summed E-state index contributed by atoms with van der Waals surface area (Å²) in [6.07, 6.45) is -3.11. The quantitative estimate of drug-likeness (QED) is 0.676. The summed E-state index contributed by atoms with van der Waals surface area (Å²) in [6, 6.07) is 6.67. The minimum Gasteiger partial charge on any atom is -0.423 e. The molecule has 0 radical (unpaired) electrons. The predicted octanol–water partition coefficient (Wildman–Crippen LogP) is 3.74. The summed E-state index contributed by atoms with van der Waals surface area (Å²) in [5.41, 5.74) is -0.448. The number of hydrogen-bond acceptors (Lipinski definition) is 6. The molecule has 1 N–H and O–H groups in total. The van der Waals surface area contributed by atoms with E-state index in [4.69, 9.17) is 20.8 Å². The van der Waals surface area contributed by atoms with Gasteiger partial charge in [-0.3, -0.25) is 4.98 Å². The number of halogens is 4. The van der Waals surface area contributed by atoms with E-state index in [9.17, 15) is 13.2 Å². The Bertz CT molecular complexity index is 1050. The lowest BCUT2D eigenvalue weighted by Crippen LogP contribution is -2.63. The predicted molar refractivity (Wildman–Crippen MR) is 101 cm³/mol. The SMILES string of the molecule is FC(F)(F)c1c(Cl)cc(-c2ccccn2)c2oc(N3CC4COCC(C3)N4)nc12. The van der Waals surface area contributed by atoms with E-state index in [-0.39, 0.29) is 29.2 Å². The van der Waals surface area contributed by atoms with Gasteiger partial charge in [0.25, 0.3) is 6.01 Å². The Morgan fingerprint density at radius 1 is 1.17 bits per heavy atom. The zero-order valence-electron chi connectivity index (χ0n) is 15.0. The van der Waals surface area contributed by atoms with Crippen LogP contribution in [0.25, 0.3) is 22.4 Å². The Morgan fingerprint density at radius 3 is 2.59 bits per heavy atom. The van der Waals surface area contributed by atoms with Crippen LogP contribution in [0.1, 0.15) is 5.56 Å². The van der Waals surface area contributed by atoms with Gasteiger partial charge in [-0.25, -0.2) is 0 Å². The molecule has 1 aromatic carbocycles. The summed E-state index contributed by atoms with van der Waals surface area (Å²) in [6.45, 7) is 2.12. The highest BCUT2D eigenvalue weighted by molar-refractivity contribution is 6.33. The van der Waals surface area contributed by atoms with Gasteiger partial charge in [-0.2, -0.15) is 18.2 Å². The molecule has 0 amide bonds. The van der Waals surface area contributed by atoms with Crippen LogP contribution in [-0.4, -0.2) is 48.4 Å². The first-order valence-electron chi connectivity index (χ1n) is 9.10. The molecule has 2 aromatic heterocycles. The van der Waals surface area contributed by atoms with E-state index in [2.05, 4.69) is 15.3 Å². The van der Waals surface area contributed by atoms with E-state index in [1.807, 2.05) is 4.90 Å². The number of anilines is 1. The monoisotopic (exact) mass is 424 g/mol. The molecule has 5 rings (SSSR count). The van der Waals surface area contributed by atoms with Gasteiger partial charge in [-0.15, -0.1) is 0 Å². The third-order valence-electron chi connectivity index (χ3n) is 5.09. The molecule has 2 unspecified atom stereocenters. The van der Waals surface area contributed by atoms with Crippen LogP contribution in [0.2, 0.25) is 5.02 Å². The molecule has 0 aliphatic carbocycles. The van der Waals surface area contributed by atoms with Gasteiger partial charge in [0, 0.05) is 36.9 Å². The number of hydrogen-bond donors (Lipinski definition) is 1. The first-order chi connectivity index (χ1) is 13.9. The van der Waals surface area contributed by atoms with Gasteiger partial charge in [-0.1, -0.05) is 17.7 Å². The number of nitrogens with one attached hydrogen (secondary N) is 1. The van der Waals surface area contributed by atoms with Gasteiger partial charge in [0.15, 0.2) is 5.58 Å². The summed E-state index contributed by atoms with van der Waals surface area (Å²) in [7, 11) is 0. The highest BCUT2D eigenvalue weighted by Gasteiger charge is 2.39. The highest BCUT2D eigenvalue weighted by atomic mass is 35.5. The molecule has 10 heteroatoms.